The molecule has 1 aliphatic rings. The fourth-order valence-corrected chi connectivity index (χ4v) is 4.18. The minimum Gasteiger partial charge on any atom is -0.391 e. The monoisotopic (exact) mass is 247 g/mol. The Morgan fingerprint density at radius 1 is 1.53 bits per heavy atom. The number of aliphatic hydroxyl groups is 1. The second kappa shape index (κ2) is 3.86. The summed E-state index contributed by atoms with van der Waals surface area (Å²) in [6.07, 6.45) is 1.90. The third-order valence-electron chi connectivity index (χ3n) is 2.49. The quantitative estimate of drug-likeness (QED) is 0.864. The largest absolute Gasteiger partial charge is 0.391 e. The number of nitrogens with zero attached hydrogens (tertiary/aromatic N) is 1. The van der Waals surface area contributed by atoms with Gasteiger partial charge in [-0.2, -0.15) is 4.31 Å². The van der Waals surface area contributed by atoms with E-state index in [0.29, 0.717) is 9.09 Å². The van der Waals surface area contributed by atoms with Crippen molar-refractivity contribution in [3.05, 3.63) is 17.0 Å². The van der Waals surface area contributed by atoms with Gasteiger partial charge in [-0.3, -0.25) is 0 Å². The number of thiophene rings is 1. The lowest BCUT2D eigenvalue weighted by atomic mass is 10.5. The summed E-state index contributed by atoms with van der Waals surface area (Å²) in [6.45, 7) is -0.104. The molecule has 1 N–H and O–H groups in total. The van der Waals surface area contributed by atoms with Crippen LogP contribution in [0.3, 0.4) is 0 Å². The van der Waals surface area contributed by atoms with Gasteiger partial charge in [-0.1, -0.05) is 0 Å². The molecule has 0 atom stereocenters. The SMILES string of the molecule is CN(C1CC1)S(=O)(=O)c1ccc(CO)s1. The predicted molar refractivity (Wildman–Crippen MR) is 58.2 cm³/mol. The highest BCUT2D eigenvalue weighted by Gasteiger charge is 2.35. The Bertz CT molecular complexity index is 448. The topological polar surface area (TPSA) is 57.6 Å². The third-order valence-corrected chi connectivity index (χ3v) is 5.93. The molecule has 1 aromatic heterocycles. The van der Waals surface area contributed by atoms with Gasteiger partial charge in [0.1, 0.15) is 4.21 Å². The van der Waals surface area contributed by atoms with Crippen molar-refractivity contribution in [1.82, 2.24) is 4.31 Å². The van der Waals surface area contributed by atoms with Gasteiger partial charge in [0.15, 0.2) is 0 Å². The van der Waals surface area contributed by atoms with Crippen LogP contribution in [0.2, 0.25) is 0 Å². The van der Waals surface area contributed by atoms with Crippen LogP contribution in [0.4, 0.5) is 0 Å². The second-order valence-electron chi connectivity index (χ2n) is 3.63. The van der Waals surface area contributed by atoms with Crippen LogP contribution in [0, 0.1) is 0 Å². The highest BCUT2D eigenvalue weighted by molar-refractivity contribution is 7.91. The Morgan fingerprint density at radius 2 is 2.20 bits per heavy atom. The van der Waals surface area contributed by atoms with Crippen LogP contribution in [0.15, 0.2) is 16.3 Å². The van der Waals surface area contributed by atoms with Gasteiger partial charge < -0.3 is 5.11 Å². The minimum absolute atomic E-state index is 0.104. The summed E-state index contributed by atoms with van der Waals surface area (Å²) in [5.74, 6) is 0. The highest BCUT2D eigenvalue weighted by atomic mass is 32.2. The Labute approximate surface area is 93.2 Å². The lowest BCUT2D eigenvalue weighted by molar-refractivity contribution is 0.285. The first-order valence-electron chi connectivity index (χ1n) is 4.73. The normalized spacial score (nSPS) is 17.3. The van der Waals surface area contributed by atoms with Crippen LogP contribution >= 0.6 is 11.3 Å². The lowest BCUT2D eigenvalue weighted by Gasteiger charge is -2.14. The summed E-state index contributed by atoms with van der Waals surface area (Å²) in [4.78, 5) is 0.678. The molecule has 0 aliphatic heterocycles. The number of hydrogen-bond acceptors (Lipinski definition) is 4. The molecule has 1 aromatic rings. The molecule has 0 aromatic carbocycles. The van der Waals surface area contributed by atoms with Gasteiger partial charge in [-0.25, -0.2) is 8.42 Å². The van der Waals surface area contributed by atoms with Crippen molar-refractivity contribution in [3.8, 4) is 0 Å². The molecule has 1 fully saturated rings. The van der Waals surface area contributed by atoms with Crippen molar-refractivity contribution < 1.29 is 13.5 Å². The van der Waals surface area contributed by atoms with E-state index in [1.807, 2.05) is 0 Å². The summed E-state index contributed by atoms with van der Waals surface area (Å²) >= 11 is 1.13. The molecule has 1 saturated carbocycles. The first-order chi connectivity index (χ1) is 7.05. The molecule has 0 amide bonds. The number of hydrogen-bond donors (Lipinski definition) is 1. The Kier molecular flexibility index (Phi) is 2.85. The predicted octanol–water partition coefficient (Wildman–Crippen LogP) is 1.02. The molecule has 84 valence electrons. The average molecular weight is 247 g/mol. The van der Waals surface area contributed by atoms with E-state index in [1.165, 1.54) is 4.31 Å². The molecule has 6 heteroatoms. The molecular formula is C9H13NO3S2. The summed E-state index contributed by atoms with van der Waals surface area (Å²) < 4.78 is 25.7. The van der Waals surface area contributed by atoms with Crippen LogP contribution in [0.1, 0.15) is 17.7 Å². The fraction of sp³-hybridized carbons (Fsp3) is 0.556. The number of sulfonamides is 1. The van der Waals surface area contributed by atoms with Gasteiger partial charge in [-0.05, 0) is 25.0 Å². The van der Waals surface area contributed by atoms with E-state index in [0.717, 1.165) is 24.2 Å². The number of rotatable bonds is 4. The van der Waals surface area contributed by atoms with E-state index in [1.54, 1.807) is 19.2 Å². The van der Waals surface area contributed by atoms with Gasteiger partial charge in [0, 0.05) is 18.0 Å². The average Bonchev–Trinajstić information content (AvgIpc) is 2.93. The van der Waals surface area contributed by atoms with Crippen molar-refractivity contribution in [2.24, 2.45) is 0 Å². The molecule has 2 rings (SSSR count). The van der Waals surface area contributed by atoms with Crippen molar-refractivity contribution in [1.29, 1.82) is 0 Å². The molecule has 0 unspecified atom stereocenters. The van der Waals surface area contributed by atoms with E-state index in [4.69, 9.17) is 5.11 Å². The Hall–Kier alpha value is -0.430. The van der Waals surface area contributed by atoms with Gasteiger partial charge in [0.2, 0.25) is 0 Å². The maximum Gasteiger partial charge on any atom is 0.252 e. The lowest BCUT2D eigenvalue weighted by Crippen LogP contribution is -2.28. The van der Waals surface area contributed by atoms with E-state index >= 15 is 0 Å². The Morgan fingerprint density at radius 3 is 2.67 bits per heavy atom. The van der Waals surface area contributed by atoms with Crippen LogP contribution in [0.5, 0.6) is 0 Å². The van der Waals surface area contributed by atoms with Gasteiger partial charge >= 0.3 is 0 Å². The molecule has 1 aliphatic carbocycles. The van der Waals surface area contributed by atoms with E-state index in [-0.39, 0.29) is 12.6 Å². The fourth-order valence-electron chi connectivity index (χ4n) is 1.36. The van der Waals surface area contributed by atoms with Crippen LogP contribution in [-0.2, 0) is 16.6 Å². The Balaban J connectivity index is 2.27. The van der Waals surface area contributed by atoms with Gasteiger partial charge in [0.05, 0.1) is 6.61 Å². The van der Waals surface area contributed by atoms with Gasteiger partial charge in [0.25, 0.3) is 10.0 Å². The van der Waals surface area contributed by atoms with Crippen molar-refractivity contribution in [2.45, 2.75) is 29.7 Å². The summed E-state index contributed by atoms with van der Waals surface area (Å²) in [7, 11) is -1.71. The molecular weight excluding hydrogens is 234 g/mol. The van der Waals surface area contributed by atoms with Crippen LogP contribution in [-0.4, -0.2) is 30.9 Å². The summed E-state index contributed by atoms with van der Waals surface area (Å²) in [6, 6.07) is 3.39. The standard InChI is InChI=1S/C9H13NO3S2/c1-10(7-2-3-7)15(12,13)9-5-4-8(6-11)14-9/h4-5,7,11H,2-3,6H2,1H3. The van der Waals surface area contributed by atoms with E-state index in [9.17, 15) is 8.42 Å². The molecule has 15 heavy (non-hydrogen) atoms. The minimum atomic E-state index is -3.32. The molecule has 4 nitrogen and oxygen atoms in total. The zero-order chi connectivity index (χ0) is 11.1. The summed E-state index contributed by atoms with van der Waals surface area (Å²) in [5, 5.41) is 8.88. The third kappa shape index (κ3) is 2.08. The molecule has 0 saturated heterocycles. The van der Waals surface area contributed by atoms with Crippen LogP contribution in [0.25, 0.3) is 0 Å². The zero-order valence-electron chi connectivity index (χ0n) is 8.38. The molecule has 0 spiro atoms. The molecule has 1 heterocycles. The van der Waals surface area contributed by atoms with Crippen molar-refractivity contribution in [3.63, 3.8) is 0 Å². The smallest absolute Gasteiger partial charge is 0.252 e. The first kappa shape index (κ1) is 11.1. The molecule has 0 radical (unpaired) electrons. The summed E-state index contributed by atoms with van der Waals surface area (Å²) in [5.41, 5.74) is 0. The zero-order valence-corrected chi connectivity index (χ0v) is 10.0. The van der Waals surface area contributed by atoms with E-state index < -0.39 is 10.0 Å². The van der Waals surface area contributed by atoms with Crippen LogP contribution < -0.4 is 0 Å². The van der Waals surface area contributed by atoms with Crippen molar-refractivity contribution in [2.75, 3.05) is 7.05 Å². The number of aliphatic hydroxyl groups excluding tert-OH is 1. The maximum absolute atomic E-state index is 12.0. The second-order valence-corrected chi connectivity index (χ2v) is 7.02. The molecule has 0 bridgehead atoms. The van der Waals surface area contributed by atoms with Crippen molar-refractivity contribution >= 4 is 21.4 Å². The maximum atomic E-state index is 12.0. The first-order valence-corrected chi connectivity index (χ1v) is 6.99. The highest BCUT2D eigenvalue weighted by Crippen LogP contribution is 2.32. The van der Waals surface area contributed by atoms with E-state index in [2.05, 4.69) is 0 Å². The van der Waals surface area contributed by atoms with Gasteiger partial charge in [-0.15, -0.1) is 11.3 Å².